The molecule has 6 heteroatoms. The molecule has 2 heterocycles. The maximum absolute atomic E-state index is 11.6. The van der Waals surface area contributed by atoms with E-state index < -0.39 is 0 Å². The molecule has 1 aromatic heterocycles. The van der Waals surface area contributed by atoms with E-state index in [0.717, 1.165) is 23.1 Å². The third-order valence-electron chi connectivity index (χ3n) is 5.57. The molecule has 0 bridgehead atoms. The average Bonchev–Trinajstić information content (AvgIpc) is 2.82. The van der Waals surface area contributed by atoms with Crippen molar-refractivity contribution < 1.29 is 9.53 Å². The molecule has 1 saturated heterocycles. The first-order valence-electron chi connectivity index (χ1n) is 8.03. The molecule has 22 heavy (non-hydrogen) atoms. The normalized spacial score (nSPS) is 37.2. The van der Waals surface area contributed by atoms with Gasteiger partial charge < -0.3 is 9.64 Å². The Morgan fingerprint density at radius 2 is 2.09 bits per heavy atom. The molecule has 4 rings (SSSR count). The fraction of sp³-hybridized carbons (Fsp3) is 0.750. The summed E-state index contributed by atoms with van der Waals surface area (Å²) in [5.74, 6) is 2.14. The summed E-state index contributed by atoms with van der Waals surface area (Å²) in [5, 5.41) is 4.64. The molecule has 1 aliphatic heterocycles. The summed E-state index contributed by atoms with van der Waals surface area (Å²) in [7, 11) is 1.89. The summed E-state index contributed by atoms with van der Waals surface area (Å²) < 4.78 is 9.23. The molecule has 120 valence electrons. The standard InChI is InChI=1S/C16H22IN3O2/c1-9(2)20-12(4-13(17)18-20)15-10-5-16(6-11(10)15)8-19(3)14(21)7-22-16/h4,9-11,15H,5-8H2,1-3H3/t10-,11+,15+,16-. The first-order valence-corrected chi connectivity index (χ1v) is 9.11. The summed E-state index contributed by atoms with van der Waals surface area (Å²) >= 11 is 2.31. The number of halogens is 1. The van der Waals surface area contributed by atoms with E-state index in [1.54, 1.807) is 0 Å². The molecule has 2 saturated carbocycles. The first-order chi connectivity index (χ1) is 10.4. The Balaban J connectivity index is 1.50. The van der Waals surface area contributed by atoms with Crippen LogP contribution >= 0.6 is 22.6 Å². The van der Waals surface area contributed by atoms with E-state index in [-0.39, 0.29) is 18.1 Å². The van der Waals surface area contributed by atoms with Gasteiger partial charge in [0, 0.05) is 31.2 Å². The van der Waals surface area contributed by atoms with E-state index in [9.17, 15) is 4.79 Å². The number of fused-ring (bicyclic) bond motifs is 1. The number of nitrogens with zero attached hydrogens (tertiary/aromatic N) is 3. The molecular formula is C16H22IN3O2. The number of likely N-dealkylation sites (N-methyl/N-ethyl adjacent to an activating group) is 1. The maximum atomic E-state index is 11.6. The van der Waals surface area contributed by atoms with E-state index in [2.05, 4.69) is 52.3 Å². The number of rotatable bonds is 2. The van der Waals surface area contributed by atoms with Gasteiger partial charge in [-0.1, -0.05) is 0 Å². The predicted molar refractivity (Wildman–Crippen MR) is 90.6 cm³/mol. The molecule has 1 spiro atoms. The van der Waals surface area contributed by atoms with Crippen LogP contribution in [0.3, 0.4) is 0 Å². The van der Waals surface area contributed by atoms with Crippen molar-refractivity contribution in [1.82, 2.24) is 14.7 Å². The lowest BCUT2D eigenvalue weighted by molar-refractivity contribution is -0.162. The number of aromatic nitrogens is 2. The Bertz CT molecular complexity index is 615. The zero-order valence-corrected chi connectivity index (χ0v) is 15.4. The molecule has 0 radical (unpaired) electrons. The predicted octanol–water partition coefficient (Wildman–Crippen LogP) is 2.42. The van der Waals surface area contributed by atoms with Crippen molar-refractivity contribution in [2.24, 2.45) is 11.8 Å². The SMILES string of the molecule is CC(C)n1nc(I)cc1[C@H]1[C@@H]2C[C@@]3(C[C@@H]21)CN(C)C(=O)CO3. The van der Waals surface area contributed by atoms with Crippen LogP contribution < -0.4 is 0 Å². The van der Waals surface area contributed by atoms with Crippen molar-refractivity contribution in [3.63, 3.8) is 0 Å². The lowest BCUT2D eigenvalue weighted by Gasteiger charge is -2.40. The number of amides is 1. The molecule has 4 atom stereocenters. The zero-order valence-electron chi connectivity index (χ0n) is 13.3. The van der Waals surface area contributed by atoms with Crippen LogP contribution in [0.5, 0.6) is 0 Å². The fourth-order valence-electron chi connectivity index (χ4n) is 4.56. The van der Waals surface area contributed by atoms with E-state index in [1.165, 1.54) is 5.69 Å². The minimum absolute atomic E-state index is 0.0790. The second kappa shape index (κ2) is 4.93. The highest BCUT2D eigenvalue weighted by Crippen LogP contribution is 2.67. The minimum Gasteiger partial charge on any atom is -0.363 e. The third kappa shape index (κ3) is 2.21. The van der Waals surface area contributed by atoms with Crippen molar-refractivity contribution in [2.45, 2.75) is 44.2 Å². The van der Waals surface area contributed by atoms with Gasteiger partial charge in [-0.15, -0.1) is 0 Å². The summed E-state index contributed by atoms with van der Waals surface area (Å²) in [6, 6.07) is 2.65. The van der Waals surface area contributed by atoms with E-state index in [4.69, 9.17) is 4.74 Å². The highest BCUT2D eigenvalue weighted by molar-refractivity contribution is 14.1. The maximum Gasteiger partial charge on any atom is 0.248 e. The summed E-state index contributed by atoms with van der Waals surface area (Å²) in [5.41, 5.74) is 1.31. The smallest absolute Gasteiger partial charge is 0.248 e. The molecule has 1 aromatic rings. The Kier molecular flexibility index (Phi) is 3.35. The van der Waals surface area contributed by atoms with Crippen molar-refractivity contribution in [3.05, 3.63) is 15.5 Å². The van der Waals surface area contributed by atoms with Crippen molar-refractivity contribution in [1.29, 1.82) is 0 Å². The van der Waals surface area contributed by atoms with E-state index >= 15 is 0 Å². The van der Waals surface area contributed by atoms with Crippen LogP contribution in [0.1, 0.15) is 44.3 Å². The molecule has 0 aromatic carbocycles. The van der Waals surface area contributed by atoms with Gasteiger partial charge in [-0.25, -0.2) is 0 Å². The number of hydrogen-bond acceptors (Lipinski definition) is 3. The summed E-state index contributed by atoms with van der Waals surface area (Å²) in [6.45, 7) is 5.39. The van der Waals surface area contributed by atoms with Gasteiger partial charge in [0.2, 0.25) is 5.91 Å². The zero-order chi connectivity index (χ0) is 15.6. The Labute approximate surface area is 144 Å². The van der Waals surface area contributed by atoms with Gasteiger partial charge in [0.1, 0.15) is 10.3 Å². The molecular weight excluding hydrogens is 393 g/mol. The van der Waals surface area contributed by atoms with Crippen LogP contribution in [-0.4, -0.2) is 46.4 Å². The largest absolute Gasteiger partial charge is 0.363 e. The van der Waals surface area contributed by atoms with Crippen LogP contribution in [0.15, 0.2) is 6.07 Å². The van der Waals surface area contributed by atoms with Crippen LogP contribution in [0, 0.1) is 15.5 Å². The van der Waals surface area contributed by atoms with Gasteiger partial charge in [0.05, 0.1) is 5.60 Å². The minimum atomic E-state index is -0.0790. The molecule has 3 fully saturated rings. The van der Waals surface area contributed by atoms with Gasteiger partial charge in [-0.3, -0.25) is 9.48 Å². The summed E-state index contributed by atoms with van der Waals surface area (Å²) in [4.78, 5) is 13.5. The first kappa shape index (κ1) is 14.9. The second-order valence-electron chi connectivity index (χ2n) is 7.41. The van der Waals surface area contributed by atoms with Crippen LogP contribution in [0.2, 0.25) is 0 Å². The van der Waals surface area contributed by atoms with Gasteiger partial charge in [-0.2, -0.15) is 5.10 Å². The Morgan fingerprint density at radius 3 is 2.68 bits per heavy atom. The lowest BCUT2D eigenvalue weighted by atomic mass is 9.91. The fourth-order valence-corrected chi connectivity index (χ4v) is 5.11. The monoisotopic (exact) mass is 415 g/mol. The summed E-state index contributed by atoms with van der Waals surface area (Å²) in [6.07, 6.45) is 2.17. The second-order valence-corrected chi connectivity index (χ2v) is 8.52. The highest BCUT2D eigenvalue weighted by Gasteiger charge is 2.64. The molecule has 1 amide bonds. The average molecular weight is 415 g/mol. The van der Waals surface area contributed by atoms with E-state index in [1.807, 2.05) is 11.9 Å². The van der Waals surface area contributed by atoms with Gasteiger partial charge in [0.15, 0.2) is 0 Å². The Hall–Kier alpha value is -0.630. The molecule has 3 aliphatic rings. The van der Waals surface area contributed by atoms with Crippen LogP contribution in [-0.2, 0) is 9.53 Å². The molecule has 2 aliphatic carbocycles. The number of morpholine rings is 1. The quantitative estimate of drug-likeness (QED) is 0.698. The van der Waals surface area contributed by atoms with Gasteiger partial charge in [0.25, 0.3) is 0 Å². The molecule has 0 unspecified atom stereocenters. The van der Waals surface area contributed by atoms with Crippen molar-refractivity contribution in [3.8, 4) is 0 Å². The topological polar surface area (TPSA) is 47.4 Å². The molecule has 0 N–H and O–H groups in total. The highest BCUT2D eigenvalue weighted by atomic mass is 127. The Morgan fingerprint density at radius 1 is 1.41 bits per heavy atom. The van der Waals surface area contributed by atoms with E-state index in [0.29, 0.717) is 23.8 Å². The number of carbonyl (C=O) groups is 1. The number of ether oxygens (including phenoxy) is 1. The van der Waals surface area contributed by atoms with Crippen molar-refractivity contribution in [2.75, 3.05) is 20.2 Å². The molecule has 5 nitrogen and oxygen atoms in total. The van der Waals surface area contributed by atoms with Crippen LogP contribution in [0.4, 0.5) is 0 Å². The van der Waals surface area contributed by atoms with Crippen LogP contribution in [0.25, 0.3) is 0 Å². The number of carbonyl (C=O) groups excluding carboxylic acids is 1. The third-order valence-corrected chi connectivity index (χ3v) is 6.09. The van der Waals surface area contributed by atoms with Gasteiger partial charge >= 0.3 is 0 Å². The number of hydrogen-bond donors (Lipinski definition) is 0. The lowest BCUT2D eigenvalue weighted by Crippen LogP contribution is -2.52. The van der Waals surface area contributed by atoms with Gasteiger partial charge in [-0.05, 0) is 67.2 Å². The van der Waals surface area contributed by atoms with Crippen molar-refractivity contribution >= 4 is 28.5 Å².